The maximum Gasteiger partial charge on any atom is 0.0928 e. The van der Waals surface area contributed by atoms with Gasteiger partial charge in [-0.15, -0.1) is 11.3 Å². The van der Waals surface area contributed by atoms with Crippen LogP contribution in [-0.4, -0.2) is 23.2 Å². The Morgan fingerprint density at radius 2 is 2.41 bits per heavy atom. The van der Waals surface area contributed by atoms with Crippen molar-refractivity contribution in [3.63, 3.8) is 0 Å². The molecule has 0 fully saturated rings. The van der Waals surface area contributed by atoms with Crippen LogP contribution in [0, 0.1) is 5.92 Å². The molecule has 2 N–H and O–H groups in total. The average Bonchev–Trinajstić information content (AvgIpc) is 2.79. The van der Waals surface area contributed by atoms with E-state index < -0.39 is 0 Å². The molecule has 1 aliphatic carbocycles. The number of nitrogens with one attached hydrogen (secondary N) is 1. The van der Waals surface area contributed by atoms with Gasteiger partial charge in [-0.2, -0.15) is 0 Å². The largest absolute Gasteiger partial charge is 0.396 e. The van der Waals surface area contributed by atoms with E-state index in [1.54, 1.807) is 0 Å². The number of thiazole rings is 1. The summed E-state index contributed by atoms with van der Waals surface area (Å²) in [7, 11) is 0. The van der Waals surface area contributed by atoms with Gasteiger partial charge in [-0.25, -0.2) is 4.98 Å². The molecule has 0 saturated heterocycles. The molecule has 4 heteroatoms. The summed E-state index contributed by atoms with van der Waals surface area (Å²) in [5, 5.41) is 13.9. The third-order valence-electron chi connectivity index (χ3n) is 3.32. The highest BCUT2D eigenvalue weighted by atomic mass is 32.1. The lowest BCUT2D eigenvalue weighted by atomic mass is 9.97. The molecule has 3 nitrogen and oxygen atoms in total. The molecule has 0 aromatic carbocycles. The van der Waals surface area contributed by atoms with E-state index in [1.807, 2.05) is 11.3 Å². The Hall–Kier alpha value is -0.450. The molecular weight excluding hydrogens is 232 g/mol. The molecule has 2 atom stereocenters. The molecule has 17 heavy (non-hydrogen) atoms. The van der Waals surface area contributed by atoms with Crippen molar-refractivity contribution in [1.29, 1.82) is 0 Å². The van der Waals surface area contributed by atoms with Crippen molar-refractivity contribution in [2.75, 3.05) is 13.2 Å². The summed E-state index contributed by atoms with van der Waals surface area (Å²) in [5.41, 5.74) is 1.31. The van der Waals surface area contributed by atoms with Crippen molar-refractivity contribution < 1.29 is 5.11 Å². The Labute approximate surface area is 107 Å². The average molecular weight is 254 g/mol. The molecule has 1 aromatic rings. The van der Waals surface area contributed by atoms with Crippen LogP contribution in [0.5, 0.6) is 0 Å². The van der Waals surface area contributed by atoms with Gasteiger partial charge in [0, 0.05) is 24.1 Å². The smallest absolute Gasteiger partial charge is 0.0928 e. The second-order valence-electron chi connectivity index (χ2n) is 4.91. The van der Waals surface area contributed by atoms with Gasteiger partial charge in [-0.3, -0.25) is 0 Å². The second kappa shape index (κ2) is 5.94. The van der Waals surface area contributed by atoms with Gasteiger partial charge in [0.05, 0.1) is 10.7 Å². The minimum Gasteiger partial charge on any atom is -0.396 e. The van der Waals surface area contributed by atoms with E-state index in [0.29, 0.717) is 12.0 Å². The quantitative estimate of drug-likeness (QED) is 0.847. The first kappa shape index (κ1) is 13.0. The highest BCUT2D eigenvalue weighted by Crippen LogP contribution is 2.34. The van der Waals surface area contributed by atoms with Crippen molar-refractivity contribution >= 4 is 11.3 Å². The van der Waals surface area contributed by atoms with Crippen molar-refractivity contribution in [2.45, 2.75) is 45.6 Å². The molecule has 0 spiro atoms. The minimum atomic E-state index is 0.259. The number of aromatic nitrogens is 1. The molecule has 0 bridgehead atoms. The molecule has 1 heterocycles. The zero-order valence-electron chi connectivity index (χ0n) is 10.7. The van der Waals surface area contributed by atoms with E-state index in [1.165, 1.54) is 28.4 Å². The number of nitrogens with zero attached hydrogens (tertiary/aromatic N) is 1. The predicted octanol–water partition coefficient (Wildman–Crippen LogP) is 2.30. The van der Waals surface area contributed by atoms with E-state index in [4.69, 9.17) is 10.1 Å². The first-order chi connectivity index (χ1) is 8.24. The summed E-state index contributed by atoms with van der Waals surface area (Å²) in [6.07, 6.45) is 4.61. The number of aliphatic hydroxyl groups is 1. The number of aryl methyl sites for hydroxylation is 2. The third-order valence-corrected chi connectivity index (χ3v) is 4.68. The Morgan fingerprint density at radius 3 is 3.12 bits per heavy atom. The van der Waals surface area contributed by atoms with Crippen LogP contribution in [0.25, 0.3) is 0 Å². The van der Waals surface area contributed by atoms with Crippen molar-refractivity contribution in [2.24, 2.45) is 5.92 Å². The summed E-state index contributed by atoms with van der Waals surface area (Å²) < 4.78 is 0. The fraction of sp³-hybridized carbons (Fsp3) is 0.769. The number of fused-ring (bicyclic) bond motifs is 1. The molecular formula is C13H22N2OS. The van der Waals surface area contributed by atoms with E-state index in [2.05, 4.69) is 19.2 Å². The van der Waals surface area contributed by atoms with Crippen LogP contribution in [0.4, 0.5) is 0 Å². The maximum atomic E-state index is 9.05. The lowest BCUT2D eigenvalue weighted by Gasteiger charge is -2.23. The summed E-state index contributed by atoms with van der Waals surface area (Å²) in [5.74, 6) is 0.332. The van der Waals surface area contributed by atoms with Gasteiger partial charge in [0.25, 0.3) is 0 Å². The normalized spacial score (nSPS) is 21.2. The van der Waals surface area contributed by atoms with Crippen LogP contribution >= 0.6 is 11.3 Å². The molecule has 0 aliphatic heterocycles. The number of rotatable bonds is 5. The first-order valence-corrected chi connectivity index (χ1v) is 7.39. The lowest BCUT2D eigenvalue weighted by molar-refractivity contribution is 0.228. The van der Waals surface area contributed by atoms with Crippen LogP contribution < -0.4 is 5.32 Å². The molecule has 1 aliphatic rings. The van der Waals surface area contributed by atoms with Gasteiger partial charge >= 0.3 is 0 Å². The SMILES string of the molecule is CCc1nc2c(s1)C(NCC(C)CO)CCC2. The standard InChI is InChI=1S/C13H22N2OS/c1-3-12-15-11-6-4-5-10(13(11)17-12)14-7-9(2)8-16/h9-10,14,16H,3-8H2,1-2H3. The lowest BCUT2D eigenvalue weighted by Crippen LogP contribution is -2.29. The van der Waals surface area contributed by atoms with E-state index in [9.17, 15) is 0 Å². The molecule has 2 rings (SSSR count). The number of aliphatic hydroxyl groups excluding tert-OH is 1. The van der Waals surface area contributed by atoms with Crippen molar-refractivity contribution in [1.82, 2.24) is 10.3 Å². The van der Waals surface area contributed by atoms with E-state index in [0.717, 1.165) is 19.4 Å². The third kappa shape index (κ3) is 3.06. The summed E-state index contributed by atoms with van der Waals surface area (Å²) >= 11 is 1.87. The van der Waals surface area contributed by atoms with Gasteiger partial charge in [0.2, 0.25) is 0 Å². The zero-order valence-corrected chi connectivity index (χ0v) is 11.5. The zero-order chi connectivity index (χ0) is 12.3. The van der Waals surface area contributed by atoms with Crippen LogP contribution in [0.2, 0.25) is 0 Å². The molecule has 0 amide bonds. The summed E-state index contributed by atoms with van der Waals surface area (Å²) in [6, 6.07) is 0.463. The van der Waals surface area contributed by atoms with Crippen molar-refractivity contribution in [3.8, 4) is 0 Å². The Balaban J connectivity index is 2.03. The highest BCUT2D eigenvalue weighted by Gasteiger charge is 2.24. The number of hydrogen-bond donors (Lipinski definition) is 2. The maximum absolute atomic E-state index is 9.05. The highest BCUT2D eigenvalue weighted by molar-refractivity contribution is 7.11. The van der Waals surface area contributed by atoms with Crippen LogP contribution in [0.3, 0.4) is 0 Å². The minimum absolute atomic E-state index is 0.259. The van der Waals surface area contributed by atoms with Crippen LogP contribution in [-0.2, 0) is 12.8 Å². The fourth-order valence-electron chi connectivity index (χ4n) is 2.22. The summed E-state index contributed by atoms with van der Waals surface area (Å²) in [6.45, 7) is 5.39. The van der Waals surface area contributed by atoms with Crippen LogP contribution in [0.1, 0.15) is 48.3 Å². The molecule has 96 valence electrons. The molecule has 0 saturated carbocycles. The van der Waals surface area contributed by atoms with E-state index in [-0.39, 0.29) is 6.61 Å². The first-order valence-electron chi connectivity index (χ1n) is 6.57. The Bertz CT molecular complexity index is 364. The predicted molar refractivity (Wildman–Crippen MR) is 71.4 cm³/mol. The molecule has 1 aromatic heterocycles. The van der Waals surface area contributed by atoms with Gasteiger partial charge in [-0.1, -0.05) is 13.8 Å². The van der Waals surface area contributed by atoms with Gasteiger partial charge < -0.3 is 10.4 Å². The molecule has 2 unspecified atom stereocenters. The van der Waals surface area contributed by atoms with E-state index >= 15 is 0 Å². The Kier molecular flexibility index (Phi) is 4.54. The van der Waals surface area contributed by atoms with Gasteiger partial charge in [0.1, 0.15) is 0 Å². The van der Waals surface area contributed by atoms with Crippen LogP contribution in [0.15, 0.2) is 0 Å². The fourth-order valence-corrected chi connectivity index (χ4v) is 3.39. The number of hydrogen-bond acceptors (Lipinski definition) is 4. The second-order valence-corrected chi connectivity index (χ2v) is 6.03. The van der Waals surface area contributed by atoms with Crippen molar-refractivity contribution in [3.05, 3.63) is 15.6 Å². The monoisotopic (exact) mass is 254 g/mol. The molecule has 0 radical (unpaired) electrons. The van der Waals surface area contributed by atoms with Gasteiger partial charge in [-0.05, 0) is 31.6 Å². The Morgan fingerprint density at radius 1 is 1.59 bits per heavy atom. The topological polar surface area (TPSA) is 45.2 Å². The summed E-state index contributed by atoms with van der Waals surface area (Å²) in [4.78, 5) is 6.14. The van der Waals surface area contributed by atoms with Gasteiger partial charge in [0.15, 0.2) is 0 Å².